The van der Waals surface area contributed by atoms with Crippen molar-refractivity contribution in [1.82, 2.24) is 15.3 Å². The number of nitrogens with zero attached hydrogens (tertiary/aromatic N) is 2. The zero-order chi connectivity index (χ0) is 29.1. The monoisotopic (exact) mass is 583 g/mol. The smallest absolute Gasteiger partial charge is 0.407 e. The van der Waals surface area contributed by atoms with Crippen LogP contribution in [-0.4, -0.2) is 39.6 Å². The third-order valence-corrected chi connectivity index (χ3v) is 7.78. The van der Waals surface area contributed by atoms with E-state index in [0.717, 1.165) is 33.4 Å². The Labute approximate surface area is 249 Å². The van der Waals surface area contributed by atoms with Crippen LogP contribution in [0.5, 0.6) is 0 Å². The van der Waals surface area contributed by atoms with Gasteiger partial charge in [0.25, 0.3) is 0 Å². The third-order valence-electron chi connectivity index (χ3n) is 6.77. The van der Waals surface area contributed by atoms with Crippen molar-refractivity contribution in [2.24, 2.45) is 0 Å². The van der Waals surface area contributed by atoms with Crippen molar-refractivity contribution in [3.8, 4) is 11.1 Å². The maximum Gasteiger partial charge on any atom is 0.407 e. The molecule has 3 aromatic carbocycles. The van der Waals surface area contributed by atoms with Gasteiger partial charge in [-0.25, -0.2) is 14.8 Å². The summed E-state index contributed by atoms with van der Waals surface area (Å²) in [6, 6.07) is 25.8. The Balaban J connectivity index is 1.29. The van der Waals surface area contributed by atoms with Crippen molar-refractivity contribution >= 4 is 17.9 Å². The highest BCUT2D eigenvalue weighted by molar-refractivity contribution is 7.99. The minimum atomic E-state index is -0.547. The SMILES string of the molecule is C=CCOC(=O)NCc1cccc(-c2ccc([C@@H]3O[C@H](CSc4ncccn4)C[C@H](c4ccc(CO)cc4)O3)cc2)c1. The molecule has 8 nitrogen and oxygen atoms in total. The number of alkyl carbamates (subject to hydrolysis) is 1. The molecule has 0 saturated carbocycles. The van der Waals surface area contributed by atoms with Crippen LogP contribution in [0.1, 0.15) is 41.1 Å². The van der Waals surface area contributed by atoms with Crippen LogP contribution in [0.2, 0.25) is 0 Å². The van der Waals surface area contributed by atoms with Gasteiger partial charge in [0, 0.05) is 36.7 Å². The maximum absolute atomic E-state index is 11.8. The number of nitrogens with one attached hydrogen (secondary N) is 1. The lowest BCUT2D eigenvalue weighted by atomic mass is 9.99. The fraction of sp³-hybridized carbons (Fsp3) is 0.242. The van der Waals surface area contributed by atoms with Gasteiger partial charge in [-0.1, -0.05) is 91.1 Å². The Bertz CT molecular complexity index is 1450. The van der Waals surface area contributed by atoms with Crippen LogP contribution in [0, 0.1) is 0 Å². The number of aliphatic hydroxyl groups is 1. The molecule has 0 bridgehead atoms. The first-order valence-electron chi connectivity index (χ1n) is 13.7. The molecule has 42 heavy (non-hydrogen) atoms. The zero-order valence-corrected chi connectivity index (χ0v) is 23.9. The van der Waals surface area contributed by atoms with E-state index in [0.29, 0.717) is 23.9 Å². The Morgan fingerprint density at radius 1 is 0.976 bits per heavy atom. The first-order chi connectivity index (χ1) is 20.6. The van der Waals surface area contributed by atoms with Crippen molar-refractivity contribution in [1.29, 1.82) is 0 Å². The second kappa shape index (κ2) is 14.7. The van der Waals surface area contributed by atoms with Crippen LogP contribution >= 0.6 is 11.8 Å². The molecule has 0 aliphatic carbocycles. The first kappa shape index (κ1) is 29.5. The van der Waals surface area contributed by atoms with Crippen molar-refractivity contribution in [3.05, 3.63) is 126 Å². The van der Waals surface area contributed by atoms with Crippen LogP contribution in [0.25, 0.3) is 11.1 Å². The number of aromatic nitrogens is 2. The van der Waals surface area contributed by atoms with Crippen molar-refractivity contribution in [3.63, 3.8) is 0 Å². The minimum absolute atomic E-state index is 0.00191. The van der Waals surface area contributed by atoms with Crippen LogP contribution in [0.4, 0.5) is 4.79 Å². The van der Waals surface area contributed by atoms with E-state index in [2.05, 4.69) is 21.9 Å². The Morgan fingerprint density at radius 2 is 1.74 bits per heavy atom. The number of amides is 1. The van der Waals surface area contributed by atoms with E-state index < -0.39 is 12.4 Å². The predicted molar refractivity (Wildman–Crippen MR) is 161 cm³/mol. The number of ether oxygens (including phenoxy) is 3. The van der Waals surface area contributed by atoms with E-state index >= 15 is 0 Å². The molecule has 216 valence electrons. The number of carbonyl (C=O) groups is 1. The molecule has 5 rings (SSSR count). The topological polar surface area (TPSA) is 103 Å². The largest absolute Gasteiger partial charge is 0.445 e. The number of benzene rings is 3. The van der Waals surface area contributed by atoms with E-state index in [-0.39, 0.29) is 25.4 Å². The molecule has 0 radical (unpaired) electrons. The quantitative estimate of drug-likeness (QED) is 0.119. The van der Waals surface area contributed by atoms with Crippen molar-refractivity contribution in [2.45, 2.75) is 43.2 Å². The van der Waals surface area contributed by atoms with Gasteiger partial charge < -0.3 is 24.6 Å². The van der Waals surface area contributed by atoms with Gasteiger partial charge in [0.05, 0.1) is 18.8 Å². The fourth-order valence-corrected chi connectivity index (χ4v) is 5.42. The maximum atomic E-state index is 11.8. The predicted octanol–water partition coefficient (Wildman–Crippen LogP) is 6.39. The molecule has 1 aliphatic rings. The highest BCUT2D eigenvalue weighted by Gasteiger charge is 2.32. The second-order valence-electron chi connectivity index (χ2n) is 9.76. The summed E-state index contributed by atoms with van der Waals surface area (Å²) in [5, 5.41) is 12.9. The van der Waals surface area contributed by atoms with E-state index in [1.807, 2.05) is 72.8 Å². The molecule has 3 atom stereocenters. The van der Waals surface area contributed by atoms with Crippen LogP contribution in [-0.2, 0) is 27.4 Å². The van der Waals surface area contributed by atoms with E-state index in [1.54, 1.807) is 30.2 Å². The van der Waals surface area contributed by atoms with Crippen molar-refractivity contribution in [2.75, 3.05) is 12.4 Å². The molecule has 2 heterocycles. The molecule has 2 N–H and O–H groups in total. The molecule has 1 aliphatic heterocycles. The van der Waals surface area contributed by atoms with E-state index in [9.17, 15) is 9.90 Å². The van der Waals surface area contributed by atoms with Crippen molar-refractivity contribution < 1.29 is 24.1 Å². The van der Waals surface area contributed by atoms with Crippen LogP contribution < -0.4 is 5.32 Å². The summed E-state index contributed by atoms with van der Waals surface area (Å²) in [5.41, 5.74) is 5.86. The number of hydrogen-bond donors (Lipinski definition) is 2. The molecule has 1 aromatic heterocycles. The molecular weight excluding hydrogens is 550 g/mol. The molecule has 1 saturated heterocycles. The number of thioether (sulfide) groups is 1. The molecular formula is C33H33N3O5S. The lowest BCUT2D eigenvalue weighted by Gasteiger charge is -2.36. The van der Waals surface area contributed by atoms with Gasteiger partial charge in [-0.05, 0) is 39.9 Å². The fourth-order valence-electron chi connectivity index (χ4n) is 4.60. The highest BCUT2D eigenvalue weighted by Crippen LogP contribution is 2.39. The van der Waals surface area contributed by atoms with Gasteiger partial charge in [0.2, 0.25) is 0 Å². The third kappa shape index (κ3) is 8.04. The Morgan fingerprint density at radius 3 is 2.48 bits per heavy atom. The number of aliphatic hydroxyl groups excluding tert-OH is 1. The summed E-state index contributed by atoms with van der Waals surface area (Å²) in [5.74, 6) is 0.690. The number of hydrogen-bond acceptors (Lipinski definition) is 8. The molecule has 0 spiro atoms. The van der Waals surface area contributed by atoms with Gasteiger partial charge in [0.15, 0.2) is 11.4 Å². The van der Waals surface area contributed by atoms with Gasteiger partial charge >= 0.3 is 6.09 Å². The summed E-state index contributed by atoms with van der Waals surface area (Å²) in [4.78, 5) is 20.4. The normalized spacial score (nSPS) is 18.3. The molecule has 4 aromatic rings. The number of carbonyl (C=O) groups excluding carboxylic acids is 1. The standard InChI is InChI=1S/C33H33N3O5S/c1-2-17-39-33(38)36-20-24-5-3-6-28(18-24)25-11-13-27(14-12-25)31-40-29(22-42-32-34-15-4-16-35-32)19-30(41-31)26-9-7-23(21-37)8-10-26/h2-16,18,29-31,37H,1,17,19-22H2,(H,36,38)/t29-,30+,31+/m0/s1. The highest BCUT2D eigenvalue weighted by atomic mass is 32.2. The number of rotatable bonds is 11. The van der Waals surface area contributed by atoms with E-state index in [1.165, 1.54) is 6.08 Å². The lowest BCUT2D eigenvalue weighted by Crippen LogP contribution is -2.31. The average molecular weight is 584 g/mol. The molecule has 9 heteroatoms. The minimum Gasteiger partial charge on any atom is -0.445 e. The summed E-state index contributed by atoms with van der Waals surface area (Å²) < 4.78 is 17.9. The Kier molecular flexibility index (Phi) is 10.3. The van der Waals surface area contributed by atoms with Gasteiger partial charge in [-0.3, -0.25) is 0 Å². The summed E-state index contributed by atoms with van der Waals surface area (Å²) in [6.45, 7) is 4.08. The van der Waals surface area contributed by atoms with E-state index in [4.69, 9.17) is 14.2 Å². The Hall–Kier alpha value is -4.02. The molecule has 0 unspecified atom stereocenters. The first-order valence-corrected chi connectivity index (χ1v) is 14.7. The van der Waals surface area contributed by atoms with Crippen LogP contribution in [0.3, 0.4) is 0 Å². The lowest BCUT2D eigenvalue weighted by molar-refractivity contribution is -0.245. The molecule has 1 fully saturated rings. The second-order valence-corrected chi connectivity index (χ2v) is 10.7. The van der Waals surface area contributed by atoms with Crippen LogP contribution in [0.15, 0.2) is 109 Å². The zero-order valence-electron chi connectivity index (χ0n) is 23.1. The summed E-state index contributed by atoms with van der Waals surface area (Å²) in [6.07, 6.45) is 4.42. The van der Waals surface area contributed by atoms with Gasteiger partial charge in [-0.15, -0.1) is 0 Å². The van der Waals surface area contributed by atoms with Gasteiger partial charge in [0.1, 0.15) is 6.61 Å². The molecule has 1 amide bonds. The summed E-state index contributed by atoms with van der Waals surface area (Å²) in [7, 11) is 0. The average Bonchev–Trinajstić information content (AvgIpc) is 3.06. The van der Waals surface area contributed by atoms with Gasteiger partial charge in [-0.2, -0.15) is 0 Å². The summed E-state index contributed by atoms with van der Waals surface area (Å²) >= 11 is 1.56.